The molecule has 0 aromatic heterocycles. The Morgan fingerprint density at radius 1 is 1.25 bits per heavy atom. The number of ether oxygens (including phenoxy) is 1. The van der Waals surface area contributed by atoms with E-state index in [2.05, 4.69) is 30.4 Å². The Balaban J connectivity index is 2.04. The van der Waals surface area contributed by atoms with Crippen LogP contribution < -0.4 is 10.1 Å². The van der Waals surface area contributed by atoms with Crippen LogP contribution in [0, 0.1) is 12.8 Å². The normalized spacial score (nSPS) is 17.4. The number of hydrogen-bond acceptors (Lipinski definition) is 2. The van der Waals surface area contributed by atoms with Gasteiger partial charge in [-0.15, -0.1) is 0 Å². The SMILES string of the molecule is COc1cc(C)cc(CC2CCNCC2)c1. The molecule has 1 fully saturated rings. The van der Waals surface area contributed by atoms with Gasteiger partial charge in [0.05, 0.1) is 7.11 Å². The van der Waals surface area contributed by atoms with E-state index in [1.165, 1.54) is 43.5 Å². The molecule has 1 aromatic carbocycles. The highest BCUT2D eigenvalue weighted by Crippen LogP contribution is 2.22. The van der Waals surface area contributed by atoms with Crippen LogP contribution >= 0.6 is 0 Å². The van der Waals surface area contributed by atoms with E-state index >= 15 is 0 Å². The van der Waals surface area contributed by atoms with Gasteiger partial charge < -0.3 is 10.1 Å². The summed E-state index contributed by atoms with van der Waals surface area (Å²) in [6, 6.07) is 6.55. The number of nitrogens with one attached hydrogen (secondary N) is 1. The van der Waals surface area contributed by atoms with Gasteiger partial charge in [0.15, 0.2) is 0 Å². The molecule has 1 saturated heterocycles. The molecule has 0 radical (unpaired) electrons. The largest absolute Gasteiger partial charge is 0.497 e. The van der Waals surface area contributed by atoms with Crippen LogP contribution in [-0.2, 0) is 6.42 Å². The highest BCUT2D eigenvalue weighted by molar-refractivity contribution is 5.34. The minimum Gasteiger partial charge on any atom is -0.497 e. The van der Waals surface area contributed by atoms with E-state index in [0.29, 0.717) is 0 Å². The minimum atomic E-state index is 0.841. The predicted molar refractivity (Wildman–Crippen MR) is 67.0 cm³/mol. The van der Waals surface area contributed by atoms with E-state index in [1.807, 2.05) is 0 Å². The molecule has 0 unspecified atom stereocenters. The maximum Gasteiger partial charge on any atom is 0.119 e. The zero-order valence-corrected chi connectivity index (χ0v) is 10.3. The third-order valence-corrected chi connectivity index (χ3v) is 3.33. The molecule has 1 N–H and O–H groups in total. The van der Waals surface area contributed by atoms with Crippen molar-refractivity contribution in [1.29, 1.82) is 0 Å². The lowest BCUT2D eigenvalue weighted by Crippen LogP contribution is -2.28. The van der Waals surface area contributed by atoms with E-state index in [1.54, 1.807) is 7.11 Å². The molecule has 0 aliphatic carbocycles. The standard InChI is InChI=1S/C14H21NO/c1-11-7-13(10-14(8-11)16-2)9-12-3-5-15-6-4-12/h7-8,10,12,15H,3-6,9H2,1-2H3. The van der Waals surface area contributed by atoms with Crippen molar-refractivity contribution >= 4 is 0 Å². The zero-order chi connectivity index (χ0) is 11.4. The average molecular weight is 219 g/mol. The predicted octanol–water partition coefficient (Wildman–Crippen LogP) is 2.55. The molecule has 1 aliphatic heterocycles. The molecule has 16 heavy (non-hydrogen) atoms. The van der Waals surface area contributed by atoms with Gasteiger partial charge in [0.1, 0.15) is 5.75 Å². The van der Waals surface area contributed by atoms with Crippen LogP contribution in [0.15, 0.2) is 18.2 Å². The van der Waals surface area contributed by atoms with Gasteiger partial charge in [-0.1, -0.05) is 6.07 Å². The third-order valence-electron chi connectivity index (χ3n) is 3.33. The van der Waals surface area contributed by atoms with Crippen molar-refractivity contribution < 1.29 is 4.74 Å². The molecule has 2 nitrogen and oxygen atoms in total. The molecule has 0 bridgehead atoms. The second-order valence-electron chi connectivity index (χ2n) is 4.76. The first kappa shape index (κ1) is 11.5. The van der Waals surface area contributed by atoms with Crippen molar-refractivity contribution in [3.63, 3.8) is 0 Å². The van der Waals surface area contributed by atoms with Crippen LogP contribution in [0.5, 0.6) is 5.75 Å². The number of benzene rings is 1. The Kier molecular flexibility index (Phi) is 3.83. The van der Waals surface area contributed by atoms with Gasteiger partial charge in [0.2, 0.25) is 0 Å². The smallest absolute Gasteiger partial charge is 0.119 e. The maximum atomic E-state index is 5.31. The summed E-state index contributed by atoms with van der Waals surface area (Å²) in [7, 11) is 1.74. The molecule has 1 aromatic rings. The summed E-state index contributed by atoms with van der Waals surface area (Å²) in [6.45, 7) is 4.48. The molecule has 88 valence electrons. The van der Waals surface area contributed by atoms with Gasteiger partial charge in [-0.3, -0.25) is 0 Å². The van der Waals surface area contributed by atoms with Gasteiger partial charge in [-0.2, -0.15) is 0 Å². The fourth-order valence-corrected chi connectivity index (χ4v) is 2.48. The molecule has 2 rings (SSSR count). The molecule has 0 spiro atoms. The van der Waals surface area contributed by atoms with E-state index in [-0.39, 0.29) is 0 Å². The summed E-state index contributed by atoms with van der Waals surface area (Å²) in [5, 5.41) is 3.41. The third kappa shape index (κ3) is 2.99. The Labute approximate surface area is 98.0 Å². The van der Waals surface area contributed by atoms with Crippen molar-refractivity contribution in [2.75, 3.05) is 20.2 Å². The lowest BCUT2D eigenvalue weighted by atomic mass is 9.90. The van der Waals surface area contributed by atoms with Crippen molar-refractivity contribution in [2.45, 2.75) is 26.2 Å². The summed E-state index contributed by atoms with van der Waals surface area (Å²) in [6.07, 6.45) is 3.80. The first-order valence-corrected chi connectivity index (χ1v) is 6.13. The Morgan fingerprint density at radius 3 is 2.69 bits per heavy atom. The molecular formula is C14H21NO. The molecule has 0 amide bonds. The van der Waals surface area contributed by atoms with Gasteiger partial charge in [0.25, 0.3) is 0 Å². The number of piperidine rings is 1. The Bertz CT molecular complexity index is 343. The van der Waals surface area contributed by atoms with Crippen molar-refractivity contribution in [3.8, 4) is 5.75 Å². The first-order valence-electron chi connectivity index (χ1n) is 6.13. The van der Waals surface area contributed by atoms with E-state index in [9.17, 15) is 0 Å². The fraction of sp³-hybridized carbons (Fsp3) is 0.571. The van der Waals surface area contributed by atoms with Crippen LogP contribution in [0.1, 0.15) is 24.0 Å². The molecule has 1 aliphatic rings. The molecular weight excluding hydrogens is 198 g/mol. The lowest BCUT2D eigenvalue weighted by molar-refractivity contribution is 0.371. The quantitative estimate of drug-likeness (QED) is 0.843. The van der Waals surface area contributed by atoms with Crippen molar-refractivity contribution in [2.24, 2.45) is 5.92 Å². The summed E-state index contributed by atoms with van der Waals surface area (Å²) in [5.74, 6) is 1.83. The maximum absolute atomic E-state index is 5.31. The zero-order valence-electron chi connectivity index (χ0n) is 10.3. The molecule has 1 heterocycles. The number of hydrogen-bond donors (Lipinski definition) is 1. The van der Waals surface area contributed by atoms with E-state index in [0.717, 1.165) is 11.7 Å². The molecule has 2 heteroatoms. The second-order valence-corrected chi connectivity index (χ2v) is 4.76. The topological polar surface area (TPSA) is 21.3 Å². The monoisotopic (exact) mass is 219 g/mol. The minimum absolute atomic E-state index is 0.841. The van der Waals surface area contributed by atoms with Gasteiger partial charge >= 0.3 is 0 Å². The number of methoxy groups -OCH3 is 1. The molecule has 0 atom stereocenters. The van der Waals surface area contributed by atoms with Crippen LogP contribution in [0.3, 0.4) is 0 Å². The lowest BCUT2D eigenvalue weighted by Gasteiger charge is -2.22. The van der Waals surface area contributed by atoms with Crippen molar-refractivity contribution in [1.82, 2.24) is 5.32 Å². The van der Waals surface area contributed by atoms with Gasteiger partial charge in [-0.05, 0) is 68.5 Å². The van der Waals surface area contributed by atoms with Crippen molar-refractivity contribution in [3.05, 3.63) is 29.3 Å². The van der Waals surface area contributed by atoms with Crippen LogP contribution in [0.25, 0.3) is 0 Å². The van der Waals surface area contributed by atoms with Crippen LogP contribution in [-0.4, -0.2) is 20.2 Å². The summed E-state index contributed by atoms with van der Waals surface area (Å²) in [5.41, 5.74) is 2.71. The fourth-order valence-electron chi connectivity index (χ4n) is 2.48. The van der Waals surface area contributed by atoms with E-state index in [4.69, 9.17) is 4.74 Å². The van der Waals surface area contributed by atoms with Crippen LogP contribution in [0.2, 0.25) is 0 Å². The second kappa shape index (κ2) is 5.35. The van der Waals surface area contributed by atoms with Crippen LogP contribution in [0.4, 0.5) is 0 Å². The van der Waals surface area contributed by atoms with E-state index < -0.39 is 0 Å². The average Bonchev–Trinajstić information content (AvgIpc) is 2.29. The Hall–Kier alpha value is -1.02. The first-order chi connectivity index (χ1) is 7.78. The number of aryl methyl sites for hydroxylation is 1. The number of rotatable bonds is 3. The Morgan fingerprint density at radius 2 is 2.00 bits per heavy atom. The summed E-state index contributed by atoms with van der Waals surface area (Å²) >= 11 is 0. The molecule has 0 saturated carbocycles. The highest BCUT2D eigenvalue weighted by atomic mass is 16.5. The van der Waals surface area contributed by atoms with Gasteiger partial charge in [-0.25, -0.2) is 0 Å². The summed E-state index contributed by atoms with van der Waals surface area (Å²) < 4.78 is 5.31. The summed E-state index contributed by atoms with van der Waals surface area (Å²) in [4.78, 5) is 0. The highest BCUT2D eigenvalue weighted by Gasteiger charge is 2.13. The van der Waals surface area contributed by atoms with Gasteiger partial charge in [0, 0.05) is 0 Å².